The molecule has 1 aromatic carbocycles. The van der Waals surface area contributed by atoms with Crippen LogP contribution in [0.15, 0.2) is 48.7 Å². The molecular weight excluding hydrogens is 326 g/mol. The van der Waals surface area contributed by atoms with Crippen LogP contribution in [0.3, 0.4) is 0 Å². The molecule has 2 aromatic heterocycles. The van der Waals surface area contributed by atoms with E-state index in [1.807, 2.05) is 24.3 Å². The molecule has 1 aliphatic heterocycles. The summed E-state index contributed by atoms with van der Waals surface area (Å²) in [6.07, 6.45) is 3.75. The Bertz CT molecular complexity index is 891. The lowest BCUT2D eigenvalue weighted by Gasteiger charge is -2.13. The summed E-state index contributed by atoms with van der Waals surface area (Å²) in [4.78, 5) is 9.02. The van der Waals surface area contributed by atoms with Crippen molar-refractivity contribution in [1.82, 2.24) is 9.97 Å². The van der Waals surface area contributed by atoms with Crippen molar-refractivity contribution in [3.8, 4) is 5.88 Å². The molecule has 134 valence electrons. The summed E-state index contributed by atoms with van der Waals surface area (Å²) in [5, 5.41) is 4.69. The van der Waals surface area contributed by atoms with Gasteiger partial charge in [-0.1, -0.05) is 25.1 Å². The SMILES string of the molecule is CCc1cc(NCc2ccnc(OC3CCOC3)c2)c2ccccc2n1. The van der Waals surface area contributed by atoms with E-state index in [2.05, 4.69) is 35.4 Å². The Hall–Kier alpha value is -2.66. The fraction of sp³-hybridized carbons (Fsp3) is 0.333. The van der Waals surface area contributed by atoms with Gasteiger partial charge in [0.25, 0.3) is 0 Å². The fourth-order valence-electron chi connectivity index (χ4n) is 3.16. The van der Waals surface area contributed by atoms with E-state index in [0.717, 1.165) is 47.3 Å². The van der Waals surface area contributed by atoms with Crippen LogP contribution in [-0.2, 0) is 17.7 Å². The number of benzene rings is 1. The maximum absolute atomic E-state index is 5.90. The summed E-state index contributed by atoms with van der Waals surface area (Å²) in [6.45, 7) is 4.24. The maximum Gasteiger partial charge on any atom is 0.213 e. The van der Waals surface area contributed by atoms with Gasteiger partial charge in [-0.25, -0.2) is 4.98 Å². The molecule has 3 heterocycles. The van der Waals surface area contributed by atoms with Crippen LogP contribution in [0.25, 0.3) is 10.9 Å². The predicted molar refractivity (Wildman–Crippen MR) is 103 cm³/mol. The first kappa shape index (κ1) is 16.8. The van der Waals surface area contributed by atoms with Crippen molar-refractivity contribution in [2.45, 2.75) is 32.4 Å². The highest BCUT2D eigenvalue weighted by Gasteiger charge is 2.17. The first-order valence-electron chi connectivity index (χ1n) is 9.13. The van der Waals surface area contributed by atoms with Crippen molar-refractivity contribution in [1.29, 1.82) is 0 Å². The number of rotatable bonds is 6. The highest BCUT2D eigenvalue weighted by Crippen LogP contribution is 2.24. The van der Waals surface area contributed by atoms with Crippen molar-refractivity contribution in [3.05, 3.63) is 59.9 Å². The Labute approximate surface area is 153 Å². The first-order valence-corrected chi connectivity index (χ1v) is 9.13. The van der Waals surface area contributed by atoms with Gasteiger partial charge < -0.3 is 14.8 Å². The van der Waals surface area contributed by atoms with Gasteiger partial charge in [0.2, 0.25) is 5.88 Å². The van der Waals surface area contributed by atoms with Gasteiger partial charge in [-0.2, -0.15) is 0 Å². The average Bonchev–Trinajstić information content (AvgIpc) is 3.19. The summed E-state index contributed by atoms with van der Waals surface area (Å²) in [5.74, 6) is 0.661. The van der Waals surface area contributed by atoms with E-state index >= 15 is 0 Å². The van der Waals surface area contributed by atoms with Gasteiger partial charge in [0.1, 0.15) is 6.10 Å². The predicted octanol–water partition coefficient (Wildman–Crippen LogP) is 3.97. The third-order valence-corrected chi connectivity index (χ3v) is 4.59. The van der Waals surface area contributed by atoms with Crippen molar-refractivity contribution < 1.29 is 9.47 Å². The lowest BCUT2D eigenvalue weighted by molar-refractivity contribution is 0.138. The zero-order chi connectivity index (χ0) is 17.8. The summed E-state index contributed by atoms with van der Waals surface area (Å²) in [5.41, 5.74) is 4.35. The number of fused-ring (bicyclic) bond motifs is 1. The number of hydrogen-bond acceptors (Lipinski definition) is 5. The minimum Gasteiger partial charge on any atom is -0.472 e. The van der Waals surface area contributed by atoms with Gasteiger partial charge in [0.15, 0.2) is 0 Å². The van der Waals surface area contributed by atoms with Crippen LogP contribution < -0.4 is 10.1 Å². The summed E-state index contributed by atoms with van der Waals surface area (Å²) >= 11 is 0. The molecule has 1 atom stereocenters. The number of aryl methyl sites for hydroxylation is 1. The van der Waals surface area contributed by atoms with Gasteiger partial charge in [-0.3, -0.25) is 4.98 Å². The fourth-order valence-corrected chi connectivity index (χ4v) is 3.16. The molecule has 3 aromatic rings. The van der Waals surface area contributed by atoms with E-state index in [0.29, 0.717) is 19.0 Å². The zero-order valence-electron chi connectivity index (χ0n) is 14.9. The number of hydrogen-bond donors (Lipinski definition) is 1. The van der Waals surface area contributed by atoms with E-state index in [1.165, 1.54) is 0 Å². The second-order valence-corrected chi connectivity index (χ2v) is 6.49. The van der Waals surface area contributed by atoms with E-state index in [1.54, 1.807) is 6.20 Å². The molecule has 1 fully saturated rings. The number of para-hydroxylation sites is 1. The van der Waals surface area contributed by atoms with Crippen molar-refractivity contribution >= 4 is 16.6 Å². The van der Waals surface area contributed by atoms with Crippen molar-refractivity contribution in [2.75, 3.05) is 18.5 Å². The van der Waals surface area contributed by atoms with E-state index < -0.39 is 0 Å². The molecular formula is C21H23N3O2. The van der Waals surface area contributed by atoms with Gasteiger partial charge in [-0.05, 0) is 30.2 Å². The van der Waals surface area contributed by atoms with Crippen LogP contribution in [0, 0.1) is 0 Å². The molecule has 1 saturated heterocycles. The van der Waals surface area contributed by atoms with E-state index in [4.69, 9.17) is 14.5 Å². The second kappa shape index (κ2) is 7.70. The van der Waals surface area contributed by atoms with Gasteiger partial charge in [0.05, 0.1) is 18.7 Å². The molecule has 0 radical (unpaired) electrons. The third-order valence-electron chi connectivity index (χ3n) is 4.59. The number of ether oxygens (including phenoxy) is 2. The molecule has 0 saturated carbocycles. The molecule has 4 rings (SSSR count). The molecule has 5 heteroatoms. The number of aromatic nitrogens is 2. The van der Waals surface area contributed by atoms with Crippen LogP contribution in [-0.4, -0.2) is 29.3 Å². The minimum absolute atomic E-state index is 0.113. The molecule has 1 unspecified atom stereocenters. The van der Waals surface area contributed by atoms with Crippen LogP contribution in [0.4, 0.5) is 5.69 Å². The first-order chi connectivity index (χ1) is 12.8. The Morgan fingerprint density at radius 3 is 3.00 bits per heavy atom. The standard InChI is InChI=1S/C21H23N3O2/c1-2-16-12-20(18-5-3-4-6-19(18)24-16)23-13-15-7-9-22-21(11-15)26-17-8-10-25-14-17/h3-7,9,11-12,17H,2,8,10,13-14H2,1H3,(H,23,24). The minimum atomic E-state index is 0.113. The van der Waals surface area contributed by atoms with Gasteiger partial charge in [-0.15, -0.1) is 0 Å². The lowest BCUT2D eigenvalue weighted by Crippen LogP contribution is -2.16. The van der Waals surface area contributed by atoms with E-state index in [-0.39, 0.29) is 6.10 Å². The Balaban J connectivity index is 1.51. The average molecular weight is 349 g/mol. The van der Waals surface area contributed by atoms with Gasteiger partial charge >= 0.3 is 0 Å². The van der Waals surface area contributed by atoms with Crippen LogP contribution >= 0.6 is 0 Å². The smallest absolute Gasteiger partial charge is 0.213 e. The summed E-state index contributed by atoms with van der Waals surface area (Å²) in [7, 11) is 0. The van der Waals surface area contributed by atoms with Crippen molar-refractivity contribution in [2.24, 2.45) is 0 Å². The van der Waals surface area contributed by atoms with Crippen LogP contribution in [0.1, 0.15) is 24.6 Å². The molecule has 1 N–H and O–H groups in total. The van der Waals surface area contributed by atoms with Gasteiger partial charge in [0, 0.05) is 42.0 Å². The summed E-state index contributed by atoms with van der Waals surface area (Å²) < 4.78 is 11.3. The molecule has 0 amide bonds. The maximum atomic E-state index is 5.90. The summed E-state index contributed by atoms with van der Waals surface area (Å²) in [6, 6.07) is 14.4. The van der Waals surface area contributed by atoms with Crippen molar-refractivity contribution in [3.63, 3.8) is 0 Å². The second-order valence-electron chi connectivity index (χ2n) is 6.49. The largest absolute Gasteiger partial charge is 0.472 e. The quantitative estimate of drug-likeness (QED) is 0.730. The normalized spacial score (nSPS) is 16.7. The van der Waals surface area contributed by atoms with E-state index in [9.17, 15) is 0 Å². The topological polar surface area (TPSA) is 56.3 Å². The molecule has 0 bridgehead atoms. The highest BCUT2D eigenvalue weighted by atomic mass is 16.5. The molecule has 0 spiro atoms. The Kier molecular flexibility index (Phi) is 4.97. The Morgan fingerprint density at radius 2 is 2.15 bits per heavy atom. The third kappa shape index (κ3) is 3.78. The zero-order valence-corrected chi connectivity index (χ0v) is 14.9. The molecule has 26 heavy (non-hydrogen) atoms. The molecule has 1 aliphatic rings. The molecule has 5 nitrogen and oxygen atoms in total. The lowest BCUT2D eigenvalue weighted by atomic mass is 10.1. The Morgan fingerprint density at radius 1 is 1.23 bits per heavy atom. The number of nitrogens with zero attached hydrogens (tertiary/aromatic N) is 2. The number of anilines is 1. The monoisotopic (exact) mass is 349 g/mol. The number of pyridine rings is 2. The number of nitrogens with one attached hydrogen (secondary N) is 1. The van der Waals surface area contributed by atoms with Crippen LogP contribution in [0.5, 0.6) is 5.88 Å². The molecule has 0 aliphatic carbocycles. The highest BCUT2D eigenvalue weighted by molar-refractivity contribution is 5.91. The van der Waals surface area contributed by atoms with Crippen LogP contribution in [0.2, 0.25) is 0 Å².